The van der Waals surface area contributed by atoms with E-state index in [0.717, 1.165) is 10.9 Å². The van der Waals surface area contributed by atoms with Crippen LogP contribution in [0.25, 0.3) is 11.0 Å². The number of nitrogens with zero attached hydrogens (tertiary/aromatic N) is 3. The topological polar surface area (TPSA) is 89.0 Å². The van der Waals surface area contributed by atoms with Gasteiger partial charge in [-0.05, 0) is 17.7 Å². The van der Waals surface area contributed by atoms with Crippen LogP contribution in [0.2, 0.25) is 0 Å². The number of carbonyl (C=O) groups is 1. The number of thioether (sulfide) groups is 1. The van der Waals surface area contributed by atoms with Gasteiger partial charge >= 0.3 is 0 Å². The highest BCUT2D eigenvalue weighted by Crippen LogP contribution is 2.25. The zero-order valence-electron chi connectivity index (χ0n) is 14.2. The molecule has 27 heavy (non-hydrogen) atoms. The molecule has 136 valence electrons. The fourth-order valence-corrected chi connectivity index (χ4v) is 3.85. The third-order valence-electron chi connectivity index (χ3n) is 4.17. The molecule has 1 aliphatic rings. The first-order valence-electron chi connectivity index (χ1n) is 8.33. The Morgan fingerprint density at radius 3 is 2.89 bits per heavy atom. The number of hydrogen-bond donors (Lipinski definition) is 0. The summed E-state index contributed by atoms with van der Waals surface area (Å²) in [7, 11) is 0. The first-order valence-corrected chi connectivity index (χ1v) is 9.31. The normalized spacial score (nSPS) is 13.8. The molecule has 1 amide bonds. The Kier molecular flexibility index (Phi) is 4.64. The number of aliphatic imine (C=N–C) groups is 1. The van der Waals surface area contributed by atoms with Crippen molar-refractivity contribution in [1.29, 1.82) is 0 Å². The van der Waals surface area contributed by atoms with E-state index in [0.29, 0.717) is 29.6 Å². The maximum Gasteiger partial charge on any atom is 0.295 e. The first kappa shape index (κ1) is 17.3. The molecule has 1 aliphatic heterocycles. The fraction of sp³-hybridized carbons (Fsp3) is 0.158. The number of amides is 1. The van der Waals surface area contributed by atoms with E-state index in [1.807, 2.05) is 30.3 Å². The van der Waals surface area contributed by atoms with Crippen molar-refractivity contribution in [2.75, 3.05) is 13.1 Å². The molecule has 0 saturated heterocycles. The predicted molar refractivity (Wildman–Crippen MR) is 104 cm³/mol. The van der Waals surface area contributed by atoms with E-state index in [2.05, 4.69) is 4.99 Å². The number of nitro groups is 1. The number of non-ortho nitro benzene ring substituents is 1. The molecule has 0 radical (unpaired) electrons. The Balaban J connectivity index is 1.48. The minimum absolute atomic E-state index is 0.0525. The van der Waals surface area contributed by atoms with Crippen LogP contribution in [0.1, 0.15) is 16.1 Å². The minimum atomic E-state index is -0.418. The number of rotatable bonds is 4. The van der Waals surface area contributed by atoms with Crippen LogP contribution in [0.4, 0.5) is 5.69 Å². The number of furan rings is 1. The van der Waals surface area contributed by atoms with E-state index in [1.165, 1.54) is 23.9 Å². The Bertz CT molecular complexity index is 1030. The third kappa shape index (κ3) is 3.56. The molecule has 0 aliphatic carbocycles. The van der Waals surface area contributed by atoms with E-state index >= 15 is 0 Å². The molecule has 1 aromatic heterocycles. The van der Waals surface area contributed by atoms with Gasteiger partial charge in [-0.1, -0.05) is 42.1 Å². The molecule has 3 aromatic rings. The summed E-state index contributed by atoms with van der Waals surface area (Å²) in [5.74, 6) is 0.542. The molecule has 7 nitrogen and oxygen atoms in total. The Morgan fingerprint density at radius 2 is 2.07 bits per heavy atom. The van der Waals surface area contributed by atoms with Gasteiger partial charge in [-0.25, -0.2) is 0 Å². The average Bonchev–Trinajstić information content (AvgIpc) is 3.32. The number of benzene rings is 2. The molecular weight excluding hydrogens is 366 g/mol. The highest BCUT2D eigenvalue weighted by Gasteiger charge is 2.27. The second kappa shape index (κ2) is 7.24. The fourth-order valence-electron chi connectivity index (χ4n) is 2.87. The highest BCUT2D eigenvalue weighted by molar-refractivity contribution is 8.13. The standard InChI is InChI=1S/C19H15N3O4S/c23-18(17-11-14-5-1-2-7-16(14)26-17)21-9-8-20-19(21)27-12-13-4-3-6-15(10-13)22(24)25/h1-7,10-11H,8-9,12H2. The van der Waals surface area contributed by atoms with Gasteiger partial charge in [-0.15, -0.1) is 0 Å². The maximum atomic E-state index is 12.8. The summed E-state index contributed by atoms with van der Waals surface area (Å²) in [6.45, 7) is 1.02. The summed E-state index contributed by atoms with van der Waals surface area (Å²) in [6, 6.07) is 15.7. The van der Waals surface area contributed by atoms with Crippen molar-refractivity contribution in [2.24, 2.45) is 4.99 Å². The quantitative estimate of drug-likeness (QED) is 0.502. The first-order chi connectivity index (χ1) is 13.1. The van der Waals surface area contributed by atoms with E-state index in [-0.39, 0.29) is 17.4 Å². The van der Waals surface area contributed by atoms with E-state index in [9.17, 15) is 14.9 Å². The molecule has 0 fully saturated rings. The van der Waals surface area contributed by atoms with Crippen molar-refractivity contribution in [3.8, 4) is 0 Å². The van der Waals surface area contributed by atoms with Crippen LogP contribution in [-0.2, 0) is 5.75 Å². The summed E-state index contributed by atoms with van der Waals surface area (Å²) in [4.78, 5) is 29.3. The summed E-state index contributed by atoms with van der Waals surface area (Å²) >= 11 is 1.39. The van der Waals surface area contributed by atoms with Gasteiger partial charge < -0.3 is 4.42 Å². The molecule has 2 aromatic carbocycles. The summed E-state index contributed by atoms with van der Waals surface area (Å²) in [5.41, 5.74) is 1.53. The van der Waals surface area contributed by atoms with Crippen molar-refractivity contribution in [1.82, 2.24) is 4.90 Å². The van der Waals surface area contributed by atoms with E-state index < -0.39 is 4.92 Å². The van der Waals surface area contributed by atoms with Crippen molar-refractivity contribution >= 4 is 39.5 Å². The van der Waals surface area contributed by atoms with Gasteiger partial charge in [0, 0.05) is 29.8 Å². The van der Waals surface area contributed by atoms with Gasteiger partial charge in [0.2, 0.25) is 0 Å². The van der Waals surface area contributed by atoms with Gasteiger partial charge in [0.15, 0.2) is 10.9 Å². The number of nitro benzene ring substituents is 1. The zero-order chi connectivity index (χ0) is 18.8. The molecule has 0 saturated carbocycles. The highest BCUT2D eigenvalue weighted by atomic mass is 32.2. The van der Waals surface area contributed by atoms with Crippen molar-refractivity contribution in [2.45, 2.75) is 5.75 Å². The number of carbonyl (C=O) groups excluding carboxylic acids is 1. The van der Waals surface area contributed by atoms with E-state index in [1.54, 1.807) is 17.0 Å². The molecule has 8 heteroatoms. The Hall–Kier alpha value is -3.13. The van der Waals surface area contributed by atoms with Gasteiger partial charge in [0.25, 0.3) is 11.6 Å². The lowest BCUT2D eigenvalue weighted by molar-refractivity contribution is -0.384. The molecule has 0 N–H and O–H groups in total. The molecule has 0 unspecified atom stereocenters. The summed E-state index contributed by atoms with van der Waals surface area (Å²) in [5, 5.41) is 12.4. The van der Waals surface area contributed by atoms with Crippen LogP contribution in [0.15, 0.2) is 64.0 Å². The SMILES string of the molecule is O=C(c1cc2ccccc2o1)N1CCN=C1SCc1cccc([N+](=O)[O-])c1. The molecule has 0 atom stereocenters. The van der Waals surface area contributed by atoms with Gasteiger partial charge in [0.05, 0.1) is 11.5 Å². The largest absolute Gasteiger partial charge is 0.451 e. The molecular formula is C19H15N3O4S. The second-order valence-electron chi connectivity index (χ2n) is 5.99. The number of fused-ring (bicyclic) bond motifs is 1. The van der Waals surface area contributed by atoms with Crippen LogP contribution < -0.4 is 0 Å². The summed E-state index contributed by atoms with van der Waals surface area (Å²) < 4.78 is 5.66. The van der Waals surface area contributed by atoms with Crippen LogP contribution >= 0.6 is 11.8 Å². The minimum Gasteiger partial charge on any atom is -0.451 e. The third-order valence-corrected chi connectivity index (χ3v) is 5.26. The van der Waals surface area contributed by atoms with Crippen LogP contribution in [0, 0.1) is 10.1 Å². The van der Waals surface area contributed by atoms with Gasteiger partial charge in [0.1, 0.15) is 5.58 Å². The lowest BCUT2D eigenvalue weighted by Gasteiger charge is -2.16. The maximum absolute atomic E-state index is 12.8. The number of para-hydroxylation sites is 1. The second-order valence-corrected chi connectivity index (χ2v) is 6.93. The molecule has 2 heterocycles. The monoisotopic (exact) mass is 381 g/mol. The van der Waals surface area contributed by atoms with Gasteiger partial charge in [-0.2, -0.15) is 0 Å². The Morgan fingerprint density at radius 1 is 1.22 bits per heavy atom. The van der Waals surface area contributed by atoms with Crippen LogP contribution in [0.3, 0.4) is 0 Å². The Labute approximate surface area is 158 Å². The number of hydrogen-bond acceptors (Lipinski definition) is 6. The van der Waals surface area contributed by atoms with E-state index in [4.69, 9.17) is 4.42 Å². The van der Waals surface area contributed by atoms with Gasteiger partial charge in [-0.3, -0.25) is 24.8 Å². The smallest absolute Gasteiger partial charge is 0.295 e. The lowest BCUT2D eigenvalue weighted by atomic mass is 10.2. The zero-order valence-corrected chi connectivity index (χ0v) is 15.0. The average molecular weight is 381 g/mol. The predicted octanol–water partition coefficient (Wildman–Crippen LogP) is 4.09. The number of amidine groups is 1. The van der Waals surface area contributed by atoms with Crippen LogP contribution in [-0.4, -0.2) is 34.0 Å². The summed E-state index contributed by atoms with van der Waals surface area (Å²) in [6.07, 6.45) is 0. The van der Waals surface area contributed by atoms with Crippen molar-refractivity contribution in [3.63, 3.8) is 0 Å². The lowest BCUT2D eigenvalue weighted by Crippen LogP contribution is -2.32. The molecule has 0 spiro atoms. The molecule has 0 bridgehead atoms. The van der Waals surface area contributed by atoms with Crippen molar-refractivity contribution in [3.05, 3.63) is 76.0 Å². The van der Waals surface area contributed by atoms with Crippen LogP contribution in [0.5, 0.6) is 0 Å². The van der Waals surface area contributed by atoms with Crippen molar-refractivity contribution < 1.29 is 14.1 Å². The molecule has 4 rings (SSSR count).